The molecule has 19 heavy (non-hydrogen) atoms. The predicted octanol–water partition coefficient (Wildman–Crippen LogP) is 3.18. The molecule has 0 bridgehead atoms. The van der Waals surface area contributed by atoms with E-state index in [1.54, 1.807) is 18.2 Å². The smallest absolute Gasteiger partial charge is 0.256 e. The van der Waals surface area contributed by atoms with Crippen LogP contribution in [-0.4, -0.2) is 23.9 Å². The number of nitrogens with zero attached hydrogens (tertiary/aromatic N) is 1. The average Bonchev–Trinajstić information content (AvgIpc) is 3.25. The number of amides is 1. The SMILES string of the molecule is Nc1ccc(Cl)cc1C(=O)N(CC1CC1)CC1CC1. The molecule has 0 unspecified atom stereocenters. The van der Waals surface area contributed by atoms with E-state index in [0.717, 1.165) is 13.1 Å². The Balaban J connectivity index is 1.78. The third-order valence-corrected chi connectivity index (χ3v) is 4.12. The molecule has 3 rings (SSSR count). The Labute approximate surface area is 118 Å². The maximum absolute atomic E-state index is 12.6. The molecule has 0 radical (unpaired) electrons. The van der Waals surface area contributed by atoms with E-state index in [4.69, 9.17) is 17.3 Å². The minimum atomic E-state index is 0.0406. The number of anilines is 1. The largest absolute Gasteiger partial charge is 0.398 e. The molecule has 1 amide bonds. The summed E-state index contributed by atoms with van der Waals surface area (Å²) in [4.78, 5) is 14.6. The van der Waals surface area contributed by atoms with Gasteiger partial charge in [0, 0.05) is 23.8 Å². The molecule has 0 aromatic heterocycles. The fraction of sp³-hybridized carbons (Fsp3) is 0.533. The Morgan fingerprint density at radius 3 is 2.32 bits per heavy atom. The molecule has 0 atom stereocenters. The highest BCUT2D eigenvalue weighted by Gasteiger charge is 2.32. The Kier molecular flexibility index (Phi) is 3.40. The molecular weight excluding hydrogens is 260 g/mol. The van der Waals surface area contributed by atoms with Gasteiger partial charge in [0.1, 0.15) is 0 Å². The van der Waals surface area contributed by atoms with Crippen molar-refractivity contribution in [1.82, 2.24) is 4.90 Å². The van der Waals surface area contributed by atoms with Gasteiger partial charge in [-0.1, -0.05) is 11.6 Å². The van der Waals surface area contributed by atoms with E-state index in [-0.39, 0.29) is 5.91 Å². The van der Waals surface area contributed by atoms with E-state index in [1.165, 1.54) is 25.7 Å². The monoisotopic (exact) mass is 278 g/mol. The summed E-state index contributed by atoms with van der Waals surface area (Å²) in [7, 11) is 0. The van der Waals surface area contributed by atoms with Crippen LogP contribution >= 0.6 is 11.6 Å². The minimum Gasteiger partial charge on any atom is -0.398 e. The zero-order chi connectivity index (χ0) is 13.4. The van der Waals surface area contributed by atoms with E-state index in [1.807, 2.05) is 4.90 Å². The number of rotatable bonds is 5. The number of nitrogen functional groups attached to an aromatic ring is 1. The molecule has 2 fully saturated rings. The van der Waals surface area contributed by atoms with Crippen molar-refractivity contribution in [3.05, 3.63) is 28.8 Å². The lowest BCUT2D eigenvalue weighted by atomic mass is 10.1. The number of hydrogen-bond acceptors (Lipinski definition) is 2. The first kappa shape index (κ1) is 12.8. The van der Waals surface area contributed by atoms with Crippen molar-refractivity contribution < 1.29 is 4.79 Å². The van der Waals surface area contributed by atoms with E-state index < -0.39 is 0 Å². The lowest BCUT2D eigenvalue weighted by molar-refractivity contribution is 0.0740. The number of carbonyl (C=O) groups is 1. The van der Waals surface area contributed by atoms with Crippen molar-refractivity contribution >= 4 is 23.2 Å². The second-order valence-electron chi connectivity index (χ2n) is 5.83. The van der Waals surface area contributed by atoms with Gasteiger partial charge in [-0.05, 0) is 55.7 Å². The van der Waals surface area contributed by atoms with Gasteiger partial charge >= 0.3 is 0 Å². The van der Waals surface area contributed by atoms with Crippen LogP contribution in [0.4, 0.5) is 5.69 Å². The molecule has 1 aromatic carbocycles. The van der Waals surface area contributed by atoms with E-state index in [0.29, 0.717) is 28.1 Å². The Morgan fingerprint density at radius 1 is 1.21 bits per heavy atom. The van der Waals surface area contributed by atoms with Crippen LogP contribution in [0.1, 0.15) is 36.0 Å². The topological polar surface area (TPSA) is 46.3 Å². The maximum Gasteiger partial charge on any atom is 0.256 e. The van der Waals surface area contributed by atoms with Crippen molar-refractivity contribution in [2.45, 2.75) is 25.7 Å². The van der Waals surface area contributed by atoms with Crippen LogP contribution in [0.2, 0.25) is 5.02 Å². The standard InChI is InChI=1S/C15H19ClN2O/c16-12-5-6-14(17)13(7-12)15(19)18(8-10-1-2-10)9-11-3-4-11/h5-7,10-11H,1-4,8-9,17H2. The Morgan fingerprint density at radius 2 is 1.79 bits per heavy atom. The van der Waals surface area contributed by atoms with Crippen LogP contribution in [0.25, 0.3) is 0 Å². The van der Waals surface area contributed by atoms with Gasteiger partial charge in [0.25, 0.3) is 5.91 Å². The van der Waals surface area contributed by atoms with Gasteiger partial charge in [-0.25, -0.2) is 0 Å². The molecule has 102 valence electrons. The third kappa shape index (κ3) is 3.21. The highest BCUT2D eigenvalue weighted by molar-refractivity contribution is 6.31. The molecule has 2 aliphatic carbocycles. The van der Waals surface area contributed by atoms with Crippen LogP contribution in [0.15, 0.2) is 18.2 Å². The van der Waals surface area contributed by atoms with Crippen LogP contribution < -0.4 is 5.73 Å². The average molecular weight is 279 g/mol. The van der Waals surface area contributed by atoms with Gasteiger partial charge in [0.15, 0.2) is 0 Å². The van der Waals surface area contributed by atoms with Crippen molar-refractivity contribution in [3.63, 3.8) is 0 Å². The van der Waals surface area contributed by atoms with Crippen LogP contribution in [0.3, 0.4) is 0 Å². The second-order valence-corrected chi connectivity index (χ2v) is 6.26. The second kappa shape index (κ2) is 5.04. The summed E-state index contributed by atoms with van der Waals surface area (Å²) in [5.41, 5.74) is 6.98. The summed E-state index contributed by atoms with van der Waals surface area (Å²) >= 11 is 5.98. The van der Waals surface area contributed by atoms with Gasteiger partial charge in [0.05, 0.1) is 5.56 Å². The number of nitrogens with two attached hydrogens (primary N) is 1. The fourth-order valence-electron chi connectivity index (χ4n) is 2.35. The number of halogens is 1. The first-order valence-corrected chi connectivity index (χ1v) is 7.35. The van der Waals surface area contributed by atoms with Gasteiger partial charge in [-0.2, -0.15) is 0 Å². The molecule has 0 spiro atoms. The van der Waals surface area contributed by atoms with Gasteiger partial charge in [-0.3, -0.25) is 4.79 Å². The first-order valence-electron chi connectivity index (χ1n) is 6.98. The molecule has 0 heterocycles. The van der Waals surface area contributed by atoms with Crippen molar-refractivity contribution in [2.24, 2.45) is 11.8 Å². The normalized spacial score (nSPS) is 18.4. The zero-order valence-electron chi connectivity index (χ0n) is 10.9. The summed E-state index contributed by atoms with van der Waals surface area (Å²) in [5.74, 6) is 1.44. The minimum absolute atomic E-state index is 0.0406. The molecule has 1 aromatic rings. The molecular formula is C15H19ClN2O. The summed E-state index contributed by atoms with van der Waals surface area (Å²) in [5, 5.41) is 0.565. The van der Waals surface area contributed by atoms with E-state index in [9.17, 15) is 4.79 Å². The fourth-order valence-corrected chi connectivity index (χ4v) is 2.52. The van der Waals surface area contributed by atoms with E-state index >= 15 is 0 Å². The molecule has 3 nitrogen and oxygen atoms in total. The first-order chi connectivity index (χ1) is 9.13. The molecule has 4 heteroatoms. The number of hydrogen-bond donors (Lipinski definition) is 1. The summed E-state index contributed by atoms with van der Waals surface area (Å²) in [6, 6.07) is 5.12. The van der Waals surface area contributed by atoms with Gasteiger partial charge in [0.2, 0.25) is 0 Å². The molecule has 2 N–H and O–H groups in total. The summed E-state index contributed by atoms with van der Waals surface area (Å²) in [6.07, 6.45) is 5.00. The number of benzene rings is 1. The predicted molar refractivity (Wildman–Crippen MR) is 77.2 cm³/mol. The van der Waals surface area contributed by atoms with Crippen molar-refractivity contribution in [3.8, 4) is 0 Å². The third-order valence-electron chi connectivity index (χ3n) is 3.88. The summed E-state index contributed by atoms with van der Waals surface area (Å²) < 4.78 is 0. The van der Waals surface area contributed by atoms with Crippen LogP contribution in [-0.2, 0) is 0 Å². The van der Waals surface area contributed by atoms with E-state index in [2.05, 4.69) is 0 Å². The van der Waals surface area contributed by atoms with Crippen LogP contribution in [0.5, 0.6) is 0 Å². The number of carbonyl (C=O) groups excluding carboxylic acids is 1. The molecule has 0 aliphatic heterocycles. The van der Waals surface area contributed by atoms with Gasteiger partial charge < -0.3 is 10.6 Å². The lowest BCUT2D eigenvalue weighted by Crippen LogP contribution is -2.35. The highest BCUT2D eigenvalue weighted by atomic mass is 35.5. The Bertz CT molecular complexity index is 481. The van der Waals surface area contributed by atoms with Crippen molar-refractivity contribution in [2.75, 3.05) is 18.8 Å². The lowest BCUT2D eigenvalue weighted by Gasteiger charge is -2.23. The zero-order valence-corrected chi connectivity index (χ0v) is 11.7. The quantitative estimate of drug-likeness (QED) is 0.841. The summed E-state index contributed by atoms with van der Waals surface area (Å²) in [6.45, 7) is 1.75. The van der Waals surface area contributed by atoms with Crippen molar-refractivity contribution in [1.29, 1.82) is 0 Å². The molecule has 0 saturated heterocycles. The maximum atomic E-state index is 12.6. The molecule has 2 aliphatic rings. The Hall–Kier alpha value is -1.22. The highest BCUT2D eigenvalue weighted by Crippen LogP contribution is 2.34. The molecule has 2 saturated carbocycles. The van der Waals surface area contributed by atoms with Gasteiger partial charge in [-0.15, -0.1) is 0 Å². The van der Waals surface area contributed by atoms with Crippen LogP contribution in [0, 0.1) is 11.8 Å².